The third-order valence-corrected chi connectivity index (χ3v) is 5.34. The van der Waals surface area contributed by atoms with Crippen molar-refractivity contribution in [2.75, 3.05) is 26.2 Å². The van der Waals surface area contributed by atoms with Crippen LogP contribution in [-0.2, 0) is 14.7 Å². The summed E-state index contributed by atoms with van der Waals surface area (Å²) in [5.41, 5.74) is 0. The molecule has 3 fully saturated rings. The first-order chi connectivity index (χ1) is 11.9. The van der Waals surface area contributed by atoms with Crippen molar-refractivity contribution in [3.05, 3.63) is 11.7 Å². The summed E-state index contributed by atoms with van der Waals surface area (Å²) in [5.74, 6) is 0.906. The Bertz CT molecular complexity index is 761. The van der Waals surface area contributed by atoms with Crippen LogP contribution in [0.4, 0.5) is 4.79 Å². The molecular formula is C13H19N5O6S. The lowest BCUT2D eigenvalue weighted by molar-refractivity contribution is -0.0379. The molecule has 2 N–H and O–H groups in total. The zero-order chi connectivity index (χ0) is 17.6. The Morgan fingerprint density at radius 3 is 2.76 bits per heavy atom. The highest BCUT2D eigenvalue weighted by Crippen LogP contribution is 2.37. The second-order valence-electron chi connectivity index (χ2n) is 6.53. The van der Waals surface area contributed by atoms with Crippen LogP contribution in [0.5, 0.6) is 0 Å². The average molecular weight is 373 g/mol. The molecule has 0 spiro atoms. The largest absolute Gasteiger partial charge is 0.418 e. The van der Waals surface area contributed by atoms with Crippen molar-refractivity contribution in [2.24, 2.45) is 0 Å². The van der Waals surface area contributed by atoms with Crippen LogP contribution < -0.4 is 5.32 Å². The van der Waals surface area contributed by atoms with E-state index in [9.17, 15) is 13.2 Å². The normalized spacial score (nSPS) is 28.0. The van der Waals surface area contributed by atoms with Crippen LogP contribution in [0.15, 0.2) is 4.52 Å². The maximum absolute atomic E-state index is 12.2. The summed E-state index contributed by atoms with van der Waals surface area (Å²) in [5, 5.41) is 8.03. The number of fused-ring (bicyclic) bond motifs is 2. The highest BCUT2D eigenvalue weighted by Gasteiger charge is 2.50. The highest BCUT2D eigenvalue weighted by atomic mass is 32.3. The van der Waals surface area contributed by atoms with Gasteiger partial charge in [0.25, 0.3) is 0 Å². The Balaban J connectivity index is 1.56. The van der Waals surface area contributed by atoms with Crippen molar-refractivity contribution in [3.63, 3.8) is 0 Å². The molecule has 2 amide bonds. The predicted octanol–water partition coefficient (Wildman–Crippen LogP) is -0.135. The number of carbonyl (C=O) groups excluding carboxylic acids is 1. The fraction of sp³-hybridized carbons (Fsp3) is 0.769. The SMILES string of the molecule is O=C1N2CC[C@@H](c3noc(C4CCNCC4)n3)[C@H](C2)N1OS(=O)(=O)O. The zero-order valence-electron chi connectivity index (χ0n) is 13.4. The van der Waals surface area contributed by atoms with Gasteiger partial charge in [-0.15, -0.1) is 4.28 Å². The quantitative estimate of drug-likeness (QED) is 0.691. The van der Waals surface area contributed by atoms with E-state index in [-0.39, 0.29) is 18.4 Å². The van der Waals surface area contributed by atoms with E-state index in [1.165, 1.54) is 4.90 Å². The van der Waals surface area contributed by atoms with Crippen LogP contribution in [0.2, 0.25) is 0 Å². The minimum absolute atomic E-state index is 0.206. The summed E-state index contributed by atoms with van der Waals surface area (Å²) >= 11 is 0. The summed E-state index contributed by atoms with van der Waals surface area (Å²) in [6.45, 7) is 2.51. The second-order valence-corrected chi connectivity index (χ2v) is 7.54. The number of nitrogens with zero attached hydrogens (tertiary/aromatic N) is 4. The standard InChI is InChI=1S/C13H19N5O6S/c19-13-17-6-3-9(10(7-17)18(13)24-25(20,21)22)11-15-12(23-16-11)8-1-4-14-5-2-8/h8-10,14H,1-7H2,(H,20,21,22)/t9-,10+/m1/s1. The molecule has 1 aromatic rings. The van der Waals surface area contributed by atoms with Crippen molar-refractivity contribution in [1.82, 2.24) is 25.4 Å². The number of urea groups is 1. The van der Waals surface area contributed by atoms with Crippen molar-refractivity contribution in [3.8, 4) is 0 Å². The van der Waals surface area contributed by atoms with Gasteiger partial charge in [0.2, 0.25) is 5.89 Å². The minimum atomic E-state index is -4.79. The van der Waals surface area contributed by atoms with Gasteiger partial charge in [-0.1, -0.05) is 5.16 Å². The van der Waals surface area contributed by atoms with Gasteiger partial charge in [0.1, 0.15) is 0 Å². The van der Waals surface area contributed by atoms with E-state index in [1.807, 2.05) is 0 Å². The molecule has 0 aliphatic carbocycles. The van der Waals surface area contributed by atoms with E-state index in [1.54, 1.807) is 0 Å². The second kappa shape index (κ2) is 6.20. The minimum Gasteiger partial charge on any atom is -0.339 e. The smallest absolute Gasteiger partial charge is 0.339 e. The highest BCUT2D eigenvalue weighted by molar-refractivity contribution is 7.80. The Morgan fingerprint density at radius 1 is 1.28 bits per heavy atom. The van der Waals surface area contributed by atoms with Crippen LogP contribution in [0, 0.1) is 0 Å². The summed E-state index contributed by atoms with van der Waals surface area (Å²) in [4.78, 5) is 18.1. The van der Waals surface area contributed by atoms with Crippen LogP contribution in [-0.4, -0.2) is 71.3 Å². The number of piperidine rings is 2. The van der Waals surface area contributed by atoms with Gasteiger partial charge >= 0.3 is 16.4 Å². The van der Waals surface area contributed by atoms with Gasteiger partial charge in [0.15, 0.2) is 5.82 Å². The average Bonchev–Trinajstić information content (AvgIpc) is 3.16. The van der Waals surface area contributed by atoms with Crippen molar-refractivity contribution >= 4 is 16.4 Å². The van der Waals surface area contributed by atoms with E-state index in [2.05, 4.69) is 19.7 Å². The molecular weight excluding hydrogens is 354 g/mol. The number of nitrogens with one attached hydrogen (secondary N) is 1. The summed E-state index contributed by atoms with van der Waals surface area (Å²) in [7, 11) is -4.79. The Morgan fingerprint density at radius 2 is 2.04 bits per heavy atom. The number of rotatable bonds is 4. The Kier molecular flexibility index (Phi) is 4.14. The van der Waals surface area contributed by atoms with E-state index >= 15 is 0 Å². The number of aromatic nitrogens is 2. The number of carbonyl (C=O) groups is 1. The molecule has 1 aromatic heterocycles. The first kappa shape index (κ1) is 16.7. The number of hydroxylamine groups is 2. The molecule has 0 aromatic carbocycles. The molecule has 2 atom stereocenters. The van der Waals surface area contributed by atoms with Gasteiger partial charge in [0, 0.05) is 24.9 Å². The van der Waals surface area contributed by atoms with E-state index in [4.69, 9.17) is 9.08 Å². The lowest BCUT2D eigenvalue weighted by atomic mass is 9.92. The Labute approximate surface area is 144 Å². The first-order valence-electron chi connectivity index (χ1n) is 8.22. The molecule has 2 bridgehead atoms. The van der Waals surface area contributed by atoms with E-state index < -0.39 is 22.5 Å². The van der Waals surface area contributed by atoms with Crippen LogP contribution in [0.1, 0.15) is 42.8 Å². The molecule has 3 aliphatic heterocycles. The molecule has 0 unspecified atom stereocenters. The van der Waals surface area contributed by atoms with Crippen molar-refractivity contribution < 1.29 is 26.6 Å². The molecule has 0 saturated carbocycles. The fourth-order valence-corrected chi connectivity index (χ4v) is 4.12. The lowest BCUT2D eigenvalue weighted by Crippen LogP contribution is -2.40. The van der Waals surface area contributed by atoms with Crippen LogP contribution >= 0.6 is 0 Å². The third-order valence-electron chi connectivity index (χ3n) is 4.99. The molecule has 138 valence electrons. The summed E-state index contributed by atoms with van der Waals surface area (Å²) in [6.07, 6.45) is 2.40. The van der Waals surface area contributed by atoms with Gasteiger partial charge < -0.3 is 14.7 Å². The third kappa shape index (κ3) is 3.21. The predicted molar refractivity (Wildman–Crippen MR) is 81.7 cm³/mol. The molecule has 0 radical (unpaired) electrons. The molecule has 4 rings (SSSR count). The molecule has 11 nitrogen and oxygen atoms in total. The van der Waals surface area contributed by atoms with Gasteiger partial charge in [-0.2, -0.15) is 18.5 Å². The molecule has 25 heavy (non-hydrogen) atoms. The van der Waals surface area contributed by atoms with E-state index in [0.717, 1.165) is 25.9 Å². The number of hydrogen-bond donors (Lipinski definition) is 2. The van der Waals surface area contributed by atoms with Crippen molar-refractivity contribution in [2.45, 2.75) is 37.1 Å². The van der Waals surface area contributed by atoms with Crippen molar-refractivity contribution in [1.29, 1.82) is 0 Å². The molecule has 12 heteroatoms. The van der Waals surface area contributed by atoms with Crippen LogP contribution in [0.3, 0.4) is 0 Å². The van der Waals surface area contributed by atoms with E-state index in [0.29, 0.717) is 29.7 Å². The monoisotopic (exact) mass is 373 g/mol. The number of amides is 2. The Hall–Kier alpha value is -1.76. The number of hydrogen-bond acceptors (Lipinski definition) is 8. The summed E-state index contributed by atoms with van der Waals surface area (Å²) in [6, 6.07) is -1.19. The first-order valence-corrected chi connectivity index (χ1v) is 9.58. The topological polar surface area (TPSA) is 138 Å². The molecule has 4 heterocycles. The maximum atomic E-state index is 12.2. The molecule has 3 aliphatic rings. The molecule has 3 saturated heterocycles. The lowest BCUT2D eigenvalue weighted by Gasteiger charge is -2.28. The zero-order valence-corrected chi connectivity index (χ0v) is 14.2. The van der Waals surface area contributed by atoms with Gasteiger partial charge in [-0.25, -0.2) is 4.79 Å². The fourth-order valence-electron chi connectivity index (χ4n) is 3.75. The summed E-state index contributed by atoms with van der Waals surface area (Å²) < 4.78 is 40.9. The van der Waals surface area contributed by atoms with Gasteiger partial charge in [-0.3, -0.25) is 4.55 Å². The van der Waals surface area contributed by atoms with Gasteiger partial charge in [0.05, 0.1) is 6.04 Å². The van der Waals surface area contributed by atoms with Crippen LogP contribution in [0.25, 0.3) is 0 Å². The van der Waals surface area contributed by atoms with Gasteiger partial charge in [-0.05, 0) is 32.4 Å². The maximum Gasteiger partial charge on any atom is 0.418 e.